The maximum atomic E-state index is 12.2. The van der Waals surface area contributed by atoms with Gasteiger partial charge in [-0.15, -0.1) is 0 Å². The molecule has 0 aliphatic rings. The number of hydrogen-bond donors (Lipinski definition) is 1. The number of unbranched alkanes of at least 4 members (excludes halogenated alkanes) is 1. The van der Waals surface area contributed by atoms with Crippen LogP contribution in [0.1, 0.15) is 67.7 Å². The number of hydroxylamine groups is 2. The Balaban J connectivity index is 4.53. The van der Waals surface area contributed by atoms with Gasteiger partial charge >= 0.3 is 12.2 Å². The predicted octanol–water partition coefficient (Wildman–Crippen LogP) is 3.87. The third-order valence-electron chi connectivity index (χ3n) is 2.54. The first-order valence-corrected chi connectivity index (χ1v) is 8.56. The number of carbonyl (C=O) groups excluding carboxylic acids is 2. The summed E-state index contributed by atoms with van der Waals surface area (Å²) in [4.78, 5) is 29.6. The fourth-order valence-electron chi connectivity index (χ4n) is 1.57. The summed E-state index contributed by atoms with van der Waals surface area (Å²) < 4.78 is 10.4. The van der Waals surface area contributed by atoms with E-state index in [2.05, 4.69) is 12.2 Å². The number of imide groups is 1. The molecule has 0 radical (unpaired) electrons. The minimum absolute atomic E-state index is 0.206. The average molecular weight is 346 g/mol. The third-order valence-corrected chi connectivity index (χ3v) is 2.54. The maximum absolute atomic E-state index is 12.2. The Morgan fingerprint density at radius 2 is 1.33 bits per heavy atom. The molecule has 1 N–H and O–H groups in total. The van der Waals surface area contributed by atoms with Crippen molar-refractivity contribution in [2.75, 3.05) is 19.7 Å². The van der Waals surface area contributed by atoms with E-state index in [1.54, 1.807) is 41.5 Å². The first-order valence-electron chi connectivity index (χ1n) is 8.56. The van der Waals surface area contributed by atoms with E-state index in [0.29, 0.717) is 11.5 Å². The molecule has 0 aromatic rings. The van der Waals surface area contributed by atoms with Crippen molar-refractivity contribution in [2.45, 2.75) is 78.9 Å². The lowest BCUT2D eigenvalue weighted by Crippen LogP contribution is -2.43. The van der Waals surface area contributed by atoms with Crippen LogP contribution in [0, 0.1) is 0 Å². The Bertz CT molecular complexity index is 357. The highest BCUT2D eigenvalue weighted by atomic mass is 16.8. The Morgan fingerprint density at radius 3 is 1.75 bits per heavy atom. The van der Waals surface area contributed by atoms with E-state index in [0.717, 1.165) is 25.9 Å². The highest BCUT2D eigenvalue weighted by Crippen LogP contribution is 2.15. The van der Waals surface area contributed by atoms with Crippen molar-refractivity contribution in [1.82, 2.24) is 10.4 Å². The predicted molar refractivity (Wildman–Crippen MR) is 92.7 cm³/mol. The highest BCUT2D eigenvalue weighted by Gasteiger charge is 2.32. The van der Waals surface area contributed by atoms with Crippen molar-refractivity contribution < 1.29 is 23.9 Å². The van der Waals surface area contributed by atoms with E-state index < -0.39 is 23.4 Å². The smallest absolute Gasteiger partial charge is 0.442 e. The number of nitrogens with zero attached hydrogens (tertiary/aromatic N) is 1. The van der Waals surface area contributed by atoms with Crippen LogP contribution in [-0.2, 0) is 14.3 Å². The normalized spacial score (nSPS) is 12.0. The molecule has 0 aromatic carbocycles. The van der Waals surface area contributed by atoms with Crippen molar-refractivity contribution in [3.05, 3.63) is 0 Å². The average Bonchev–Trinajstić information content (AvgIpc) is 2.37. The fourth-order valence-corrected chi connectivity index (χ4v) is 1.57. The second kappa shape index (κ2) is 10.5. The van der Waals surface area contributed by atoms with Crippen LogP contribution < -0.4 is 5.32 Å². The number of ether oxygens (including phenoxy) is 2. The van der Waals surface area contributed by atoms with Crippen molar-refractivity contribution in [1.29, 1.82) is 0 Å². The first kappa shape index (κ1) is 22.7. The number of rotatable bonds is 8. The monoisotopic (exact) mass is 346 g/mol. The second-order valence-corrected chi connectivity index (χ2v) is 7.55. The van der Waals surface area contributed by atoms with Gasteiger partial charge in [0.25, 0.3) is 0 Å². The van der Waals surface area contributed by atoms with Gasteiger partial charge in [0.2, 0.25) is 0 Å². The topological polar surface area (TPSA) is 77.1 Å². The van der Waals surface area contributed by atoms with Crippen LogP contribution in [0.15, 0.2) is 0 Å². The quantitative estimate of drug-likeness (QED) is 0.531. The van der Waals surface area contributed by atoms with Crippen molar-refractivity contribution >= 4 is 12.2 Å². The van der Waals surface area contributed by atoms with Gasteiger partial charge < -0.3 is 14.8 Å². The minimum atomic E-state index is -0.879. The summed E-state index contributed by atoms with van der Waals surface area (Å²) in [7, 11) is 0. The standard InChI is InChI=1S/C17H34N2O5/c1-8-9-11-18-12-10-13-22-19(14(20)23-16(2,3)4)15(21)24-17(5,6)7/h18H,8-13H2,1-7H3. The van der Waals surface area contributed by atoms with E-state index in [-0.39, 0.29) is 6.61 Å². The molecule has 7 heteroatoms. The molecule has 2 amide bonds. The Morgan fingerprint density at radius 1 is 0.875 bits per heavy atom. The first-order chi connectivity index (χ1) is 11.0. The number of carbonyl (C=O) groups is 2. The lowest BCUT2D eigenvalue weighted by Gasteiger charge is -2.27. The molecule has 0 heterocycles. The molecule has 0 saturated heterocycles. The van der Waals surface area contributed by atoms with Crippen LogP contribution in [0.3, 0.4) is 0 Å². The summed E-state index contributed by atoms with van der Waals surface area (Å²) in [5.74, 6) is 0. The molecule has 0 rings (SSSR count). The molecular weight excluding hydrogens is 312 g/mol. The molecule has 0 unspecified atom stereocenters. The van der Waals surface area contributed by atoms with Crippen LogP contribution in [0.2, 0.25) is 0 Å². The Kier molecular flexibility index (Phi) is 9.92. The van der Waals surface area contributed by atoms with E-state index >= 15 is 0 Å². The van der Waals surface area contributed by atoms with E-state index in [9.17, 15) is 9.59 Å². The van der Waals surface area contributed by atoms with Crippen LogP contribution in [0.4, 0.5) is 9.59 Å². The third kappa shape index (κ3) is 12.1. The Hall–Kier alpha value is -1.34. The molecule has 0 saturated carbocycles. The van der Waals surface area contributed by atoms with Crippen LogP contribution in [0.5, 0.6) is 0 Å². The molecular formula is C17H34N2O5. The molecule has 24 heavy (non-hydrogen) atoms. The molecule has 142 valence electrons. The second-order valence-electron chi connectivity index (χ2n) is 7.55. The minimum Gasteiger partial charge on any atom is -0.442 e. The van der Waals surface area contributed by atoms with Gasteiger partial charge in [-0.25, -0.2) is 9.59 Å². The molecule has 0 bridgehead atoms. The molecule has 0 aliphatic carbocycles. The van der Waals surface area contributed by atoms with Crippen LogP contribution in [0.25, 0.3) is 0 Å². The molecule has 0 aromatic heterocycles. The van der Waals surface area contributed by atoms with E-state index in [4.69, 9.17) is 14.3 Å². The maximum Gasteiger partial charge on any atom is 0.444 e. The summed E-state index contributed by atoms with van der Waals surface area (Å²) >= 11 is 0. The molecule has 7 nitrogen and oxygen atoms in total. The van der Waals surface area contributed by atoms with Gasteiger partial charge in [-0.3, -0.25) is 4.84 Å². The summed E-state index contributed by atoms with van der Waals surface area (Å²) in [6.45, 7) is 14.3. The van der Waals surface area contributed by atoms with Gasteiger partial charge in [0.05, 0.1) is 6.61 Å². The van der Waals surface area contributed by atoms with Gasteiger partial charge in [0.15, 0.2) is 0 Å². The van der Waals surface area contributed by atoms with Gasteiger partial charge in [0.1, 0.15) is 11.2 Å². The zero-order valence-corrected chi connectivity index (χ0v) is 16.2. The largest absolute Gasteiger partial charge is 0.444 e. The lowest BCUT2D eigenvalue weighted by atomic mass is 10.2. The molecule has 0 fully saturated rings. The van der Waals surface area contributed by atoms with Gasteiger partial charge in [-0.1, -0.05) is 18.4 Å². The highest BCUT2D eigenvalue weighted by molar-refractivity contribution is 5.86. The van der Waals surface area contributed by atoms with E-state index in [1.807, 2.05) is 0 Å². The summed E-state index contributed by atoms with van der Waals surface area (Å²) in [5, 5.41) is 3.82. The fraction of sp³-hybridized carbons (Fsp3) is 0.882. The van der Waals surface area contributed by atoms with Crippen molar-refractivity contribution in [3.63, 3.8) is 0 Å². The lowest BCUT2D eigenvalue weighted by molar-refractivity contribution is -0.138. The Labute approximate surface area is 146 Å². The summed E-state index contributed by atoms with van der Waals surface area (Å²) in [5.41, 5.74) is -1.47. The zero-order valence-electron chi connectivity index (χ0n) is 16.2. The number of amides is 2. The zero-order chi connectivity index (χ0) is 18.8. The number of nitrogens with one attached hydrogen (secondary N) is 1. The summed E-state index contributed by atoms with van der Waals surface area (Å²) in [6, 6.07) is 0. The summed E-state index contributed by atoms with van der Waals surface area (Å²) in [6.07, 6.45) is 1.15. The van der Waals surface area contributed by atoms with E-state index in [1.165, 1.54) is 0 Å². The molecule has 0 atom stereocenters. The van der Waals surface area contributed by atoms with Crippen LogP contribution in [-0.4, -0.2) is 48.1 Å². The van der Waals surface area contributed by atoms with Gasteiger partial charge in [0, 0.05) is 0 Å². The number of hydrogen-bond acceptors (Lipinski definition) is 6. The van der Waals surface area contributed by atoms with Gasteiger partial charge in [-0.05, 0) is 67.5 Å². The van der Waals surface area contributed by atoms with Crippen LogP contribution >= 0.6 is 0 Å². The van der Waals surface area contributed by atoms with Crippen molar-refractivity contribution in [3.8, 4) is 0 Å². The molecule has 0 aliphatic heterocycles. The van der Waals surface area contributed by atoms with Gasteiger partial charge in [-0.2, -0.15) is 0 Å². The molecule has 0 spiro atoms. The van der Waals surface area contributed by atoms with Crippen molar-refractivity contribution in [2.24, 2.45) is 0 Å². The SMILES string of the molecule is CCCCNCCCON(C(=O)OC(C)(C)C)C(=O)OC(C)(C)C.